The molecule has 2 rings (SSSR count). The van der Waals surface area contributed by atoms with E-state index in [9.17, 15) is 4.79 Å². The Kier molecular flexibility index (Phi) is 5.26. The van der Waals surface area contributed by atoms with Crippen molar-refractivity contribution in [3.8, 4) is 0 Å². The number of hydrogen-bond donors (Lipinski definition) is 1. The van der Waals surface area contributed by atoms with Crippen molar-refractivity contribution in [3.05, 3.63) is 51.5 Å². The number of ether oxygens (including phenoxy) is 1. The number of nitrogens with one attached hydrogen (secondary N) is 1. The predicted octanol–water partition coefficient (Wildman–Crippen LogP) is 2.57. The molecule has 0 saturated carbocycles. The molecule has 1 aromatic carbocycles. The molecule has 0 bridgehead atoms. The Balaban J connectivity index is 1.88. The van der Waals surface area contributed by atoms with Crippen LogP contribution >= 0.6 is 11.3 Å². The molecule has 0 spiro atoms. The predicted molar refractivity (Wildman–Crippen MR) is 80.0 cm³/mol. The summed E-state index contributed by atoms with van der Waals surface area (Å²) in [6.07, 6.45) is 0.829. The third-order valence-corrected chi connectivity index (χ3v) is 3.99. The largest absolute Gasteiger partial charge is 0.378 e. The second-order valence-electron chi connectivity index (χ2n) is 4.45. The molecule has 1 N–H and O–H groups in total. The summed E-state index contributed by atoms with van der Waals surface area (Å²) in [6.45, 7) is 2.92. The third kappa shape index (κ3) is 3.88. The van der Waals surface area contributed by atoms with E-state index in [1.807, 2.05) is 25.1 Å². The summed E-state index contributed by atoms with van der Waals surface area (Å²) < 4.78 is 5.03. The van der Waals surface area contributed by atoms with Crippen LogP contribution in [0.3, 0.4) is 0 Å². The minimum Gasteiger partial charge on any atom is -0.378 e. The molecule has 0 fully saturated rings. The number of benzene rings is 1. The highest BCUT2D eigenvalue weighted by Crippen LogP contribution is 2.18. The van der Waals surface area contributed by atoms with Gasteiger partial charge in [0, 0.05) is 13.7 Å². The fourth-order valence-corrected chi connectivity index (χ4v) is 2.85. The molecule has 0 saturated heterocycles. The van der Waals surface area contributed by atoms with E-state index in [1.165, 1.54) is 16.9 Å². The van der Waals surface area contributed by atoms with Crippen molar-refractivity contribution in [2.75, 3.05) is 13.7 Å². The van der Waals surface area contributed by atoms with Crippen molar-refractivity contribution < 1.29 is 9.53 Å². The van der Waals surface area contributed by atoms with Gasteiger partial charge in [-0.2, -0.15) is 0 Å². The van der Waals surface area contributed by atoms with E-state index in [-0.39, 0.29) is 5.91 Å². The molecule has 5 heteroatoms. The molecule has 0 aliphatic rings. The van der Waals surface area contributed by atoms with Crippen LogP contribution in [0.1, 0.15) is 25.9 Å². The Morgan fingerprint density at radius 2 is 2.10 bits per heavy atom. The van der Waals surface area contributed by atoms with Crippen molar-refractivity contribution in [2.45, 2.75) is 20.0 Å². The molecule has 0 atom stereocenters. The first-order chi connectivity index (χ1) is 9.70. The van der Waals surface area contributed by atoms with Gasteiger partial charge in [-0.15, -0.1) is 11.3 Å². The standard InChI is InChI=1S/C15H18N2O2S/c1-11-14(20-13(17-11)10-19-2)15(18)16-9-8-12-6-4-3-5-7-12/h3-7H,8-10H2,1-2H3,(H,16,18). The van der Waals surface area contributed by atoms with Gasteiger partial charge in [-0.25, -0.2) is 4.98 Å². The number of thiazole rings is 1. The first-order valence-electron chi connectivity index (χ1n) is 6.48. The van der Waals surface area contributed by atoms with Crippen molar-refractivity contribution in [1.82, 2.24) is 10.3 Å². The number of amides is 1. The van der Waals surface area contributed by atoms with Crippen molar-refractivity contribution in [3.63, 3.8) is 0 Å². The normalized spacial score (nSPS) is 10.5. The molecule has 4 nitrogen and oxygen atoms in total. The smallest absolute Gasteiger partial charge is 0.263 e. The quantitative estimate of drug-likeness (QED) is 0.889. The Labute approximate surface area is 122 Å². The lowest BCUT2D eigenvalue weighted by Crippen LogP contribution is -2.25. The lowest BCUT2D eigenvalue weighted by Gasteiger charge is -2.04. The minimum atomic E-state index is -0.0571. The third-order valence-electron chi connectivity index (χ3n) is 2.86. The van der Waals surface area contributed by atoms with Crippen LogP contribution in [0.5, 0.6) is 0 Å². The number of carbonyl (C=O) groups excluding carboxylic acids is 1. The molecular weight excluding hydrogens is 272 g/mol. The minimum absolute atomic E-state index is 0.0571. The van der Waals surface area contributed by atoms with Crippen LogP contribution in [0.15, 0.2) is 30.3 Å². The summed E-state index contributed by atoms with van der Waals surface area (Å²) in [5.74, 6) is -0.0571. The van der Waals surface area contributed by atoms with Gasteiger partial charge < -0.3 is 10.1 Å². The molecule has 0 unspecified atom stereocenters. The molecule has 1 aromatic heterocycles. The zero-order chi connectivity index (χ0) is 14.4. The van der Waals surface area contributed by atoms with Gasteiger partial charge in [0.2, 0.25) is 0 Å². The molecule has 0 aliphatic heterocycles. The van der Waals surface area contributed by atoms with Gasteiger partial charge in [0.05, 0.1) is 12.3 Å². The highest BCUT2D eigenvalue weighted by molar-refractivity contribution is 7.13. The maximum absolute atomic E-state index is 12.1. The Morgan fingerprint density at radius 3 is 2.80 bits per heavy atom. The SMILES string of the molecule is COCc1nc(C)c(C(=O)NCCc2ccccc2)s1. The monoisotopic (exact) mass is 290 g/mol. The number of hydrogen-bond acceptors (Lipinski definition) is 4. The first-order valence-corrected chi connectivity index (χ1v) is 7.29. The number of nitrogens with zero attached hydrogens (tertiary/aromatic N) is 1. The summed E-state index contributed by atoms with van der Waals surface area (Å²) in [5, 5.41) is 3.77. The van der Waals surface area contributed by atoms with Crippen molar-refractivity contribution in [1.29, 1.82) is 0 Å². The summed E-state index contributed by atoms with van der Waals surface area (Å²) in [5.41, 5.74) is 1.98. The second-order valence-corrected chi connectivity index (χ2v) is 5.53. The van der Waals surface area contributed by atoms with E-state index in [4.69, 9.17) is 4.74 Å². The Morgan fingerprint density at radius 1 is 1.35 bits per heavy atom. The topological polar surface area (TPSA) is 51.2 Å². The zero-order valence-electron chi connectivity index (χ0n) is 11.7. The fourth-order valence-electron chi connectivity index (χ4n) is 1.89. The van der Waals surface area contributed by atoms with Gasteiger partial charge in [-0.3, -0.25) is 4.79 Å². The van der Waals surface area contributed by atoms with Gasteiger partial charge in [-0.05, 0) is 18.9 Å². The molecule has 0 radical (unpaired) electrons. The Bertz CT molecular complexity index is 567. The van der Waals surface area contributed by atoms with Crippen LogP contribution in [0.25, 0.3) is 0 Å². The van der Waals surface area contributed by atoms with Crippen LogP contribution < -0.4 is 5.32 Å². The maximum Gasteiger partial charge on any atom is 0.263 e. The number of rotatable bonds is 6. The summed E-state index contributed by atoms with van der Waals surface area (Å²) >= 11 is 1.39. The molecule has 20 heavy (non-hydrogen) atoms. The van der Waals surface area contributed by atoms with Gasteiger partial charge in [-0.1, -0.05) is 30.3 Å². The van der Waals surface area contributed by atoms with Crippen LogP contribution in [0.4, 0.5) is 0 Å². The van der Waals surface area contributed by atoms with E-state index >= 15 is 0 Å². The van der Waals surface area contributed by atoms with E-state index in [0.717, 1.165) is 17.1 Å². The molecule has 1 amide bonds. The first kappa shape index (κ1) is 14.7. The zero-order valence-corrected chi connectivity index (χ0v) is 12.5. The highest BCUT2D eigenvalue weighted by atomic mass is 32.1. The average molecular weight is 290 g/mol. The maximum atomic E-state index is 12.1. The molecular formula is C15H18N2O2S. The van der Waals surface area contributed by atoms with E-state index in [1.54, 1.807) is 7.11 Å². The summed E-state index contributed by atoms with van der Waals surface area (Å²) in [4.78, 5) is 17.1. The van der Waals surface area contributed by atoms with Gasteiger partial charge in [0.1, 0.15) is 9.88 Å². The van der Waals surface area contributed by atoms with E-state index in [2.05, 4.69) is 22.4 Å². The van der Waals surface area contributed by atoms with Gasteiger partial charge in [0.15, 0.2) is 0 Å². The number of methoxy groups -OCH3 is 1. The second kappa shape index (κ2) is 7.17. The average Bonchev–Trinajstić information content (AvgIpc) is 2.81. The van der Waals surface area contributed by atoms with Crippen LogP contribution in [-0.4, -0.2) is 24.5 Å². The Hall–Kier alpha value is -1.72. The van der Waals surface area contributed by atoms with Crippen molar-refractivity contribution >= 4 is 17.2 Å². The van der Waals surface area contributed by atoms with Crippen molar-refractivity contribution in [2.24, 2.45) is 0 Å². The number of carbonyl (C=O) groups is 1. The number of aryl methyl sites for hydroxylation is 1. The molecule has 106 valence electrons. The lowest BCUT2D eigenvalue weighted by atomic mass is 10.1. The van der Waals surface area contributed by atoms with Gasteiger partial charge >= 0.3 is 0 Å². The van der Waals surface area contributed by atoms with Crippen LogP contribution in [0.2, 0.25) is 0 Å². The number of aromatic nitrogens is 1. The fraction of sp³-hybridized carbons (Fsp3) is 0.333. The van der Waals surface area contributed by atoms with Crippen LogP contribution in [0, 0.1) is 6.92 Å². The lowest BCUT2D eigenvalue weighted by molar-refractivity contribution is 0.0957. The molecule has 1 heterocycles. The summed E-state index contributed by atoms with van der Waals surface area (Å²) in [6, 6.07) is 10.1. The highest BCUT2D eigenvalue weighted by Gasteiger charge is 2.14. The molecule has 2 aromatic rings. The van der Waals surface area contributed by atoms with E-state index < -0.39 is 0 Å². The summed E-state index contributed by atoms with van der Waals surface area (Å²) in [7, 11) is 1.62. The van der Waals surface area contributed by atoms with Gasteiger partial charge in [0.25, 0.3) is 5.91 Å². The van der Waals surface area contributed by atoms with Crippen LogP contribution in [-0.2, 0) is 17.8 Å². The molecule has 0 aliphatic carbocycles. The van der Waals surface area contributed by atoms with E-state index in [0.29, 0.717) is 18.0 Å².